The van der Waals surface area contributed by atoms with Crippen LogP contribution in [-0.2, 0) is 11.3 Å². The summed E-state index contributed by atoms with van der Waals surface area (Å²) in [6.07, 6.45) is 2.27. The number of carbonyl (C=O) groups excluding carboxylic acids is 1. The van der Waals surface area contributed by atoms with E-state index in [0.29, 0.717) is 25.0 Å². The zero-order valence-electron chi connectivity index (χ0n) is 14.6. The number of likely N-dealkylation sites (tertiary alicyclic amines) is 1. The lowest BCUT2D eigenvalue weighted by Gasteiger charge is -2.37. The molecule has 1 aliphatic heterocycles. The molecule has 1 N–H and O–H groups in total. The summed E-state index contributed by atoms with van der Waals surface area (Å²) < 4.78 is 5.68. The topological polar surface area (TPSA) is 65.4 Å². The smallest absolute Gasteiger partial charge is 0.219 e. The number of ether oxygens (including phenoxy) is 1. The number of carbonyl (C=O) groups is 1. The summed E-state index contributed by atoms with van der Waals surface area (Å²) in [5, 5.41) is 12.1. The van der Waals surface area contributed by atoms with Crippen LogP contribution < -0.4 is 10.1 Å². The molecule has 1 heterocycles. The summed E-state index contributed by atoms with van der Waals surface area (Å²) in [6, 6.07) is 10.6. The summed E-state index contributed by atoms with van der Waals surface area (Å²) in [5.74, 6) is 1.47. The van der Waals surface area contributed by atoms with Gasteiger partial charge in [-0.05, 0) is 36.5 Å². The van der Waals surface area contributed by atoms with Crippen LogP contribution >= 0.6 is 0 Å². The second kappa shape index (κ2) is 9.29. The van der Waals surface area contributed by atoms with Gasteiger partial charge >= 0.3 is 0 Å². The monoisotopic (exact) mass is 329 g/mol. The average molecular weight is 329 g/mol. The molecule has 1 saturated heterocycles. The van der Waals surface area contributed by atoms with Crippen LogP contribution in [0.5, 0.6) is 5.75 Å². The Balaban J connectivity index is 1.80. The molecule has 0 unspecified atom stereocenters. The molecular formula is C19H27N3O2. The summed E-state index contributed by atoms with van der Waals surface area (Å²) in [4.78, 5) is 13.4. The first-order valence-electron chi connectivity index (χ1n) is 8.67. The number of nitrogens with zero attached hydrogens (tertiary/aromatic N) is 2. The summed E-state index contributed by atoms with van der Waals surface area (Å²) in [7, 11) is 0. The lowest BCUT2D eigenvalue weighted by molar-refractivity contribution is -0.130. The molecular weight excluding hydrogens is 302 g/mol. The van der Waals surface area contributed by atoms with Crippen molar-refractivity contribution in [3.8, 4) is 11.8 Å². The van der Waals surface area contributed by atoms with Crippen molar-refractivity contribution in [2.45, 2.75) is 45.7 Å². The molecule has 5 heteroatoms. The Labute approximate surface area is 144 Å². The average Bonchev–Trinajstić information content (AvgIpc) is 2.58. The molecule has 1 amide bonds. The first kappa shape index (κ1) is 18.3. The number of benzene rings is 1. The van der Waals surface area contributed by atoms with E-state index in [1.165, 1.54) is 5.56 Å². The Morgan fingerprint density at radius 1 is 1.50 bits per heavy atom. The molecule has 2 rings (SSSR count). The third-order valence-corrected chi connectivity index (χ3v) is 4.52. The van der Waals surface area contributed by atoms with E-state index in [-0.39, 0.29) is 5.91 Å². The van der Waals surface area contributed by atoms with Crippen LogP contribution in [0.4, 0.5) is 0 Å². The lowest BCUT2D eigenvalue weighted by Crippen LogP contribution is -2.49. The van der Waals surface area contributed by atoms with Gasteiger partial charge in [-0.3, -0.25) is 4.79 Å². The van der Waals surface area contributed by atoms with Crippen LogP contribution in [0.25, 0.3) is 0 Å². The van der Waals surface area contributed by atoms with Gasteiger partial charge in [0.1, 0.15) is 5.75 Å². The molecule has 0 radical (unpaired) electrons. The van der Waals surface area contributed by atoms with E-state index in [4.69, 9.17) is 10.00 Å². The maximum absolute atomic E-state index is 11.5. The second-order valence-corrected chi connectivity index (χ2v) is 6.48. The number of rotatable bonds is 7. The third kappa shape index (κ3) is 5.54. The fourth-order valence-electron chi connectivity index (χ4n) is 3.07. The first-order chi connectivity index (χ1) is 11.6. The van der Waals surface area contributed by atoms with Gasteiger partial charge in [0, 0.05) is 39.0 Å². The predicted octanol–water partition coefficient (Wildman–Crippen LogP) is 2.72. The number of hydrogen-bond donors (Lipinski definition) is 1. The van der Waals surface area contributed by atoms with Gasteiger partial charge < -0.3 is 15.0 Å². The summed E-state index contributed by atoms with van der Waals surface area (Å²) in [5.41, 5.74) is 1.19. The van der Waals surface area contributed by atoms with Crippen molar-refractivity contribution in [3.63, 3.8) is 0 Å². The minimum absolute atomic E-state index is 0.168. The Bertz CT molecular complexity index is 582. The number of unbranched alkanes of at least 4 members (excludes halogenated alkanes) is 1. The van der Waals surface area contributed by atoms with Crippen LogP contribution in [0.3, 0.4) is 0 Å². The Kier molecular flexibility index (Phi) is 7.07. The van der Waals surface area contributed by atoms with Gasteiger partial charge in [-0.1, -0.05) is 19.1 Å². The van der Waals surface area contributed by atoms with E-state index in [1.54, 1.807) is 6.92 Å². The molecule has 5 nitrogen and oxygen atoms in total. The Hall–Kier alpha value is -2.06. The molecule has 1 aromatic carbocycles. The van der Waals surface area contributed by atoms with Crippen LogP contribution in [0.1, 0.15) is 38.7 Å². The highest BCUT2D eigenvalue weighted by molar-refractivity contribution is 5.73. The first-order valence-corrected chi connectivity index (χ1v) is 8.67. The molecule has 24 heavy (non-hydrogen) atoms. The highest BCUT2D eigenvalue weighted by atomic mass is 16.5. The molecule has 0 aromatic heterocycles. The standard InChI is InChI=1S/C19H27N3O2/c1-15-14-22(16(2)23)10-8-19(15)21-13-17-6-5-7-18(12-17)24-11-4-3-9-20/h5-7,12,15,19,21H,3-4,8,10-11,13-14H2,1-2H3/t15-,19-/m0/s1. The SMILES string of the molecule is CC(=O)N1CC[C@H](NCc2cccc(OCCCC#N)c2)[C@@H](C)C1. The lowest BCUT2D eigenvalue weighted by atomic mass is 9.93. The van der Waals surface area contributed by atoms with Gasteiger partial charge in [0.15, 0.2) is 0 Å². The molecule has 0 saturated carbocycles. The van der Waals surface area contributed by atoms with Crippen molar-refractivity contribution in [1.29, 1.82) is 5.26 Å². The normalized spacial score (nSPS) is 20.5. The molecule has 1 fully saturated rings. The number of piperidine rings is 1. The predicted molar refractivity (Wildman–Crippen MR) is 93.4 cm³/mol. The van der Waals surface area contributed by atoms with Gasteiger partial charge in [0.2, 0.25) is 5.91 Å². The fourth-order valence-corrected chi connectivity index (χ4v) is 3.07. The largest absolute Gasteiger partial charge is 0.494 e. The van der Waals surface area contributed by atoms with Crippen molar-refractivity contribution >= 4 is 5.91 Å². The number of hydrogen-bond acceptors (Lipinski definition) is 4. The number of amides is 1. The molecule has 0 spiro atoms. The fraction of sp³-hybridized carbons (Fsp3) is 0.579. The van der Waals surface area contributed by atoms with Crippen LogP contribution in [-0.4, -0.2) is 36.5 Å². The minimum atomic E-state index is 0.168. The number of nitrogens with one attached hydrogen (secondary N) is 1. The van der Waals surface area contributed by atoms with E-state index in [1.807, 2.05) is 17.0 Å². The van der Waals surface area contributed by atoms with Crippen LogP contribution in [0, 0.1) is 17.2 Å². The van der Waals surface area contributed by atoms with E-state index >= 15 is 0 Å². The van der Waals surface area contributed by atoms with Crippen molar-refractivity contribution in [1.82, 2.24) is 10.2 Å². The molecule has 1 aromatic rings. The molecule has 130 valence electrons. The van der Waals surface area contributed by atoms with E-state index in [0.717, 1.165) is 38.2 Å². The van der Waals surface area contributed by atoms with Crippen molar-refractivity contribution < 1.29 is 9.53 Å². The zero-order valence-corrected chi connectivity index (χ0v) is 14.6. The number of nitriles is 1. The summed E-state index contributed by atoms with van der Waals surface area (Å²) in [6.45, 7) is 6.87. The quantitative estimate of drug-likeness (QED) is 0.781. The van der Waals surface area contributed by atoms with Crippen LogP contribution in [0.15, 0.2) is 24.3 Å². The molecule has 0 aliphatic carbocycles. The van der Waals surface area contributed by atoms with Crippen molar-refractivity contribution in [2.75, 3.05) is 19.7 Å². The van der Waals surface area contributed by atoms with Crippen LogP contribution in [0.2, 0.25) is 0 Å². The molecule has 1 aliphatic rings. The van der Waals surface area contributed by atoms with Gasteiger partial charge in [-0.2, -0.15) is 5.26 Å². The van der Waals surface area contributed by atoms with E-state index in [2.05, 4.69) is 30.4 Å². The van der Waals surface area contributed by atoms with Crippen molar-refractivity contribution in [3.05, 3.63) is 29.8 Å². The zero-order chi connectivity index (χ0) is 17.4. The minimum Gasteiger partial charge on any atom is -0.494 e. The highest BCUT2D eigenvalue weighted by Gasteiger charge is 2.26. The Morgan fingerprint density at radius 2 is 2.33 bits per heavy atom. The van der Waals surface area contributed by atoms with Gasteiger partial charge in [0.05, 0.1) is 12.7 Å². The Morgan fingerprint density at radius 3 is 3.04 bits per heavy atom. The van der Waals surface area contributed by atoms with E-state index < -0.39 is 0 Å². The maximum Gasteiger partial charge on any atom is 0.219 e. The highest BCUT2D eigenvalue weighted by Crippen LogP contribution is 2.19. The molecule has 2 atom stereocenters. The van der Waals surface area contributed by atoms with Gasteiger partial charge in [-0.15, -0.1) is 0 Å². The summed E-state index contributed by atoms with van der Waals surface area (Å²) >= 11 is 0. The van der Waals surface area contributed by atoms with Crippen molar-refractivity contribution in [2.24, 2.45) is 5.92 Å². The third-order valence-electron chi connectivity index (χ3n) is 4.52. The molecule has 0 bridgehead atoms. The van der Waals surface area contributed by atoms with Gasteiger partial charge in [-0.25, -0.2) is 0 Å². The van der Waals surface area contributed by atoms with Gasteiger partial charge in [0.25, 0.3) is 0 Å². The van der Waals surface area contributed by atoms with E-state index in [9.17, 15) is 4.79 Å². The maximum atomic E-state index is 11.5. The second-order valence-electron chi connectivity index (χ2n) is 6.48.